The van der Waals surface area contributed by atoms with Crippen LogP contribution in [0.2, 0.25) is 0 Å². The summed E-state index contributed by atoms with van der Waals surface area (Å²) in [7, 11) is 0. The molecular weight excluding hydrogens is 298 g/mol. The van der Waals surface area contributed by atoms with E-state index in [2.05, 4.69) is 15.5 Å². The van der Waals surface area contributed by atoms with E-state index in [0.717, 1.165) is 25.7 Å². The van der Waals surface area contributed by atoms with Gasteiger partial charge in [-0.3, -0.25) is 4.79 Å². The Kier molecular flexibility index (Phi) is 5.27. The number of nitrogens with zero attached hydrogens (tertiary/aromatic N) is 2. The third-order valence-electron chi connectivity index (χ3n) is 4.50. The summed E-state index contributed by atoms with van der Waals surface area (Å²) >= 11 is 0. The highest BCUT2D eigenvalue weighted by Gasteiger charge is 2.34. The molecule has 1 aromatic rings. The number of carbonyl (C=O) groups excluding carboxylic acids is 1. The van der Waals surface area contributed by atoms with E-state index in [0.29, 0.717) is 31.5 Å². The molecule has 2 aliphatic rings. The second-order valence-electron chi connectivity index (χ2n) is 6.58. The standard InChI is InChI=1S/C16H25N3O4/c1-10(2)14-18-16(23-19-14)13(11-5-8-21-9-6-11)17-15(20)12-4-3-7-22-12/h10-13H,3-9H2,1-2H3,(H,17,20)/t12-,13?/m0/s1. The summed E-state index contributed by atoms with van der Waals surface area (Å²) in [6, 6.07) is -0.268. The molecule has 0 radical (unpaired) electrons. The van der Waals surface area contributed by atoms with E-state index >= 15 is 0 Å². The van der Waals surface area contributed by atoms with E-state index < -0.39 is 0 Å². The van der Waals surface area contributed by atoms with Crippen LogP contribution in [-0.2, 0) is 14.3 Å². The van der Waals surface area contributed by atoms with Gasteiger partial charge in [0.05, 0.1) is 0 Å². The third kappa shape index (κ3) is 3.90. The molecule has 1 amide bonds. The van der Waals surface area contributed by atoms with Gasteiger partial charge in [-0.1, -0.05) is 19.0 Å². The van der Waals surface area contributed by atoms with Gasteiger partial charge in [-0.15, -0.1) is 0 Å². The van der Waals surface area contributed by atoms with Gasteiger partial charge in [-0.05, 0) is 31.6 Å². The molecule has 0 aliphatic carbocycles. The van der Waals surface area contributed by atoms with E-state index in [9.17, 15) is 4.79 Å². The maximum Gasteiger partial charge on any atom is 0.249 e. The number of carbonyl (C=O) groups is 1. The van der Waals surface area contributed by atoms with Crippen LogP contribution in [0.5, 0.6) is 0 Å². The lowest BCUT2D eigenvalue weighted by atomic mass is 9.91. The number of aromatic nitrogens is 2. The van der Waals surface area contributed by atoms with Crippen molar-refractivity contribution in [2.45, 2.75) is 57.6 Å². The maximum atomic E-state index is 12.5. The Morgan fingerprint density at radius 1 is 1.22 bits per heavy atom. The first kappa shape index (κ1) is 16.4. The normalized spacial score (nSPS) is 24.0. The highest BCUT2D eigenvalue weighted by Crippen LogP contribution is 2.30. The van der Waals surface area contributed by atoms with Crippen LogP contribution in [0.4, 0.5) is 0 Å². The molecule has 2 aliphatic heterocycles. The first-order valence-corrected chi connectivity index (χ1v) is 8.48. The van der Waals surface area contributed by atoms with Gasteiger partial charge < -0.3 is 19.3 Å². The van der Waals surface area contributed by atoms with Crippen molar-refractivity contribution in [3.8, 4) is 0 Å². The maximum absolute atomic E-state index is 12.5. The summed E-state index contributed by atoms with van der Waals surface area (Å²) in [5, 5.41) is 7.12. The highest BCUT2D eigenvalue weighted by molar-refractivity contribution is 5.81. The van der Waals surface area contributed by atoms with E-state index in [1.807, 2.05) is 13.8 Å². The third-order valence-corrected chi connectivity index (χ3v) is 4.50. The molecule has 0 saturated carbocycles. The Morgan fingerprint density at radius 3 is 2.61 bits per heavy atom. The van der Waals surface area contributed by atoms with Crippen molar-refractivity contribution >= 4 is 5.91 Å². The summed E-state index contributed by atoms with van der Waals surface area (Å²) in [6.45, 7) is 6.08. The van der Waals surface area contributed by atoms with Crippen molar-refractivity contribution in [2.75, 3.05) is 19.8 Å². The number of amides is 1. The molecule has 7 heteroatoms. The molecule has 0 bridgehead atoms. The van der Waals surface area contributed by atoms with Crippen LogP contribution in [-0.4, -0.2) is 42.0 Å². The minimum Gasteiger partial charge on any atom is -0.381 e. The molecule has 23 heavy (non-hydrogen) atoms. The zero-order valence-electron chi connectivity index (χ0n) is 13.8. The average Bonchev–Trinajstić information content (AvgIpc) is 3.24. The predicted molar refractivity (Wildman–Crippen MR) is 81.8 cm³/mol. The lowest BCUT2D eigenvalue weighted by Gasteiger charge is -2.29. The van der Waals surface area contributed by atoms with Crippen molar-refractivity contribution in [2.24, 2.45) is 5.92 Å². The van der Waals surface area contributed by atoms with Crippen molar-refractivity contribution < 1.29 is 18.8 Å². The molecule has 3 heterocycles. The quantitative estimate of drug-likeness (QED) is 0.891. The summed E-state index contributed by atoms with van der Waals surface area (Å²) < 4.78 is 16.4. The Morgan fingerprint density at radius 2 is 2.00 bits per heavy atom. The fraction of sp³-hybridized carbons (Fsp3) is 0.812. The van der Waals surface area contributed by atoms with Gasteiger partial charge >= 0.3 is 0 Å². The first-order chi connectivity index (χ1) is 11.1. The fourth-order valence-electron chi connectivity index (χ4n) is 3.07. The Bertz CT molecular complexity index is 519. The van der Waals surface area contributed by atoms with Crippen molar-refractivity contribution in [3.05, 3.63) is 11.7 Å². The van der Waals surface area contributed by atoms with Crippen molar-refractivity contribution in [1.29, 1.82) is 0 Å². The topological polar surface area (TPSA) is 86.5 Å². The second-order valence-corrected chi connectivity index (χ2v) is 6.58. The molecule has 0 aromatic carbocycles. The van der Waals surface area contributed by atoms with Gasteiger partial charge in [0.15, 0.2) is 5.82 Å². The van der Waals surface area contributed by atoms with E-state index in [1.165, 1.54) is 0 Å². The number of rotatable bonds is 5. The van der Waals surface area contributed by atoms with Crippen LogP contribution in [0.3, 0.4) is 0 Å². The van der Waals surface area contributed by atoms with Gasteiger partial charge in [-0.25, -0.2) is 0 Å². The molecule has 0 spiro atoms. The molecule has 1 unspecified atom stereocenters. The van der Waals surface area contributed by atoms with E-state index in [4.69, 9.17) is 14.0 Å². The van der Waals surface area contributed by atoms with Gasteiger partial charge in [0.25, 0.3) is 0 Å². The summed E-state index contributed by atoms with van der Waals surface area (Å²) in [5.74, 6) is 1.52. The smallest absolute Gasteiger partial charge is 0.249 e. The number of hydrogen-bond donors (Lipinski definition) is 1. The molecule has 1 aromatic heterocycles. The Balaban J connectivity index is 1.75. The Labute approximate surface area is 136 Å². The molecule has 3 rings (SSSR count). The summed E-state index contributed by atoms with van der Waals surface area (Å²) in [6.07, 6.45) is 3.09. The number of ether oxygens (including phenoxy) is 2. The number of hydrogen-bond acceptors (Lipinski definition) is 6. The largest absolute Gasteiger partial charge is 0.381 e. The lowest BCUT2D eigenvalue weighted by molar-refractivity contribution is -0.131. The summed E-state index contributed by atoms with van der Waals surface area (Å²) in [5.41, 5.74) is 0. The fourth-order valence-corrected chi connectivity index (χ4v) is 3.07. The number of nitrogens with one attached hydrogen (secondary N) is 1. The van der Waals surface area contributed by atoms with Crippen molar-refractivity contribution in [1.82, 2.24) is 15.5 Å². The second kappa shape index (κ2) is 7.40. The molecule has 128 valence electrons. The van der Waals surface area contributed by atoms with Crippen LogP contribution in [0.1, 0.15) is 63.2 Å². The lowest BCUT2D eigenvalue weighted by Crippen LogP contribution is -2.41. The van der Waals surface area contributed by atoms with Gasteiger partial charge in [0.1, 0.15) is 12.1 Å². The molecule has 2 saturated heterocycles. The van der Waals surface area contributed by atoms with Crippen molar-refractivity contribution in [3.63, 3.8) is 0 Å². The average molecular weight is 323 g/mol. The molecular formula is C16H25N3O4. The molecule has 2 atom stereocenters. The molecule has 1 N–H and O–H groups in total. The predicted octanol–water partition coefficient (Wildman–Crippen LogP) is 1.96. The minimum atomic E-state index is -0.357. The monoisotopic (exact) mass is 323 g/mol. The van der Waals surface area contributed by atoms with Gasteiger partial charge in [0.2, 0.25) is 11.8 Å². The van der Waals surface area contributed by atoms with Crippen LogP contribution in [0.25, 0.3) is 0 Å². The summed E-state index contributed by atoms with van der Waals surface area (Å²) in [4.78, 5) is 16.9. The zero-order valence-corrected chi connectivity index (χ0v) is 13.8. The van der Waals surface area contributed by atoms with Crippen LogP contribution in [0, 0.1) is 5.92 Å². The Hall–Kier alpha value is -1.47. The van der Waals surface area contributed by atoms with Crippen LogP contribution in [0.15, 0.2) is 4.52 Å². The molecule has 2 fully saturated rings. The zero-order chi connectivity index (χ0) is 16.2. The van der Waals surface area contributed by atoms with Gasteiger partial charge in [0, 0.05) is 25.7 Å². The van der Waals surface area contributed by atoms with Crippen LogP contribution >= 0.6 is 0 Å². The van der Waals surface area contributed by atoms with E-state index in [1.54, 1.807) is 0 Å². The van der Waals surface area contributed by atoms with Gasteiger partial charge in [-0.2, -0.15) is 4.98 Å². The SMILES string of the molecule is CC(C)c1noc(C(NC(=O)[C@@H]2CCCO2)C2CCOCC2)n1. The minimum absolute atomic E-state index is 0.0803. The molecule has 7 nitrogen and oxygen atoms in total. The van der Waals surface area contributed by atoms with Crippen LogP contribution < -0.4 is 5.32 Å². The van der Waals surface area contributed by atoms with E-state index in [-0.39, 0.29) is 29.9 Å². The highest BCUT2D eigenvalue weighted by atomic mass is 16.5. The first-order valence-electron chi connectivity index (χ1n) is 8.48.